The van der Waals surface area contributed by atoms with Crippen molar-refractivity contribution >= 4 is 19.7 Å². The van der Waals surface area contributed by atoms with Crippen LogP contribution in [0.3, 0.4) is 0 Å². The number of hydrogen-bond donors (Lipinski definition) is 0. The van der Waals surface area contributed by atoms with E-state index in [4.69, 9.17) is 20.7 Å². The molecule has 0 saturated heterocycles. The highest BCUT2D eigenvalue weighted by atomic mass is 35.7. The molecular weight excluding hydrogens is 250 g/mol. The lowest BCUT2D eigenvalue weighted by Crippen LogP contribution is -1.99. The number of ether oxygens (including phenoxy) is 1. The molecule has 0 saturated carbocycles. The first-order valence-corrected chi connectivity index (χ1v) is 6.91. The van der Waals surface area contributed by atoms with E-state index < -0.39 is 9.05 Å². The first kappa shape index (κ1) is 12.8. The average molecular weight is 260 g/mol. The summed E-state index contributed by atoms with van der Waals surface area (Å²) in [5.74, 6) is 0.242. The van der Waals surface area contributed by atoms with Crippen LogP contribution in [0.15, 0.2) is 23.1 Å². The molecule has 0 fully saturated rings. The van der Waals surface area contributed by atoms with Crippen LogP contribution in [-0.4, -0.2) is 15.0 Å². The Morgan fingerprint density at radius 1 is 1.50 bits per heavy atom. The van der Waals surface area contributed by atoms with Gasteiger partial charge in [-0.05, 0) is 18.6 Å². The molecule has 16 heavy (non-hydrogen) atoms. The van der Waals surface area contributed by atoms with Crippen molar-refractivity contribution in [2.24, 2.45) is 0 Å². The van der Waals surface area contributed by atoms with Crippen LogP contribution in [0.1, 0.15) is 18.9 Å². The van der Waals surface area contributed by atoms with Gasteiger partial charge in [0.1, 0.15) is 11.8 Å². The van der Waals surface area contributed by atoms with Crippen LogP contribution >= 0.6 is 10.7 Å². The fourth-order valence-electron chi connectivity index (χ4n) is 1.08. The van der Waals surface area contributed by atoms with Crippen molar-refractivity contribution in [2.75, 3.05) is 6.61 Å². The SMILES string of the molecule is CCCOc1cc(S(=O)(=O)Cl)ccc1C#N. The van der Waals surface area contributed by atoms with Crippen molar-refractivity contribution in [1.82, 2.24) is 0 Å². The second kappa shape index (κ2) is 5.19. The number of halogens is 1. The monoisotopic (exact) mass is 259 g/mol. The molecule has 0 amide bonds. The van der Waals surface area contributed by atoms with Crippen LogP contribution in [0.5, 0.6) is 5.75 Å². The number of hydrogen-bond acceptors (Lipinski definition) is 4. The van der Waals surface area contributed by atoms with Gasteiger partial charge in [0.25, 0.3) is 9.05 Å². The van der Waals surface area contributed by atoms with E-state index in [1.54, 1.807) is 0 Å². The molecule has 0 aromatic heterocycles. The summed E-state index contributed by atoms with van der Waals surface area (Å²) in [6.07, 6.45) is 0.767. The second-order valence-corrected chi connectivity index (χ2v) is 5.62. The minimum Gasteiger partial charge on any atom is -0.492 e. The minimum atomic E-state index is -3.79. The number of nitrogens with zero attached hydrogens (tertiary/aromatic N) is 1. The Bertz CT molecular complexity index is 519. The molecule has 0 radical (unpaired) electrons. The Labute approximate surface area is 98.8 Å². The lowest BCUT2D eigenvalue weighted by molar-refractivity contribution is 0.315. The second-order valence-electron chi connectivity index (χ2n) is 3.06. The zero-order valence-electron chi connectivity index (χ0n) is 8.60. The minimum absolute atomic E-state index is 0.0701. The Morgan fingerprint density at radius 2 is 2.19 bits per heavy atom. The van der Waals surface area contributed by atoms with Gasteiger partial charge in [-0.15, -0.1) is 0 Å². The molecule has 6 heteroatoms. The molecule has 0 spiro atoms. The van der Waals surface area contributed by atoms with E-state index in [9.17, 15) is 8.42 Å². The Morgan fingerprint density at radius 3 is 2.69 bits per heavy atom. The van der Waals surface area contributed by atoms with Gasteiger partial charge in [0, 0.05) is 16.7 Å². The van der Waals surface area contributed by atoms with Gasteiger partial charge in [0.05, 0.1) is 17.1 Å². The van der Waals surface area contributed by atoms with Gasteiger partial charge in [-0.1, -0.05) is 6.92 Å². The molecule has 0 atom stereocenters. The van der Waals surface area contributed by atoms with Crippen LogP contribution in [0, 0.1) is 11.3 Å². The van der Waals surface area contributed by atoms with Crippen LogP contribution in [0.2, 0.25) is 0 Å². The van der Waals surface area contributed by atoms with Crippen LogP contribution in [0.4, 0.5) is 0 Å². The highest BCUT2D eigenvalue weighted by Gasteiger charge is 2.13. The van der Waals surface area contributed by atoms with Crippen molar-refractivity contribution in [2.45, 2.75) is 18.2 Å². The molecule has 1 aromatic rings. The van der Waals surface area contributed by atoms with Crippen molar-refractivity contribution in [3.63, 3.8) is 0 Å². The number of benzene rings is 1. The molecule has 0 aliphatic carbocycles. The maximum absolute atomic E-state index is 11.1. The highest BCUT2D eigenvalue weighted by molar-refractivity contribution is 8.13. The lowest BCUT2D eigenvalue weighted by atomic mass is 10.2. The summed E-state index contributed by atoms with van der Waals surface area (Å²) in [6, 6.07) is 5.83. The van der Waals surface area contributed by atoms with E-state index in [2.05, 4.69) is 0 Å². The van der Waals surface area contributed by atoms with Crippen molar-refractivity contribution in [3.8, 4) is 11.8 Å². The average Bonchev–Trinajstić information content (AvgIpc) is 2.24. The normalized spacial score (nSPS) is 10.8. The fourth-order valence-corrected chi connectivity index (χ4v) is 1.84. The number of nitriles is 1. The molecule has 0 heterocycles. The first-order chi connectivity index (χ1) is 7.49. The van der Waals surface area contributed by atoms with E-state index >= 15 is 0 Å². The smallest absolute Gasteiger partial charge is 0.261 e. The molecule has 0 N–H and O–H groups in total. The Hall–Kier alpha value is -1.25. The zero-order chi connectivity index (χ0) is 12.2. The number of rotatable bonds is 4. The van der Waals surface area contributed by atoms with Gasteiger partial charge < -0.3 is 4.74 Å². The summed E-state index contributed by atoms with van der Waals surface area (Å²) in [6.45, 7) is 2.33. The molecule has 86 valence electrons. The summed E-state index contributed by atoms with van der Waals surface area (Å²) >= 11 is 0. The van der Waals surface area contributed by atoms with E-state index in [1.807, 2.05) is 13.0 Å². The molecule has 0 aliphatic rings. The fraction of sp³-hybridized carbons (Fsp3) is 0.300. The van der Waals surface area contributed by atoms with Gasteiger partial charge in [0.15, 0.2) is 0 Å². The predicted octanol–water partition coefficient (Wildman–Crippen LogP) is 2.27. The summed E-state index contributed by atoms with van der Waals surface area (Å²) in [7, 11) is 1.40. The quantitative estimate of drug-likeness (QED) is 0.778. The summed E-state index contributed by atoms with van der Waals surface area (Å²) in [5.41, 5.74) is 0.289. The van der Waals surface area contributed by atoms with E-state index in [-0.39, 0.29) is 16.2 Å². The molecule has 1 aromatic carbocycles. The third-order valence-corrected chi connectivity index (χ3v) is 3.17. The zero-order valence-corrected chi connectivity index (χ0v) is 10.2. The van der Waals surface area contributed by atoms with Crippen molar-refractivity contribution in [1.29, 1.82) is 5.26 Å². The maximum atomic E-state index is 11.1. The van der Waals surface area contributed by atoms with Gasteiger partial charge in [-0.3, -0.25) is 0 Å². The van der Waals surface area contributed by atoms with Crippen LogP contribution in [0.25, 0.3) is 0 Å². The van der Waals surface area contributed by atoms with Gasteiger partial charge in [-0.25, -0.2) is 8.42 Å². The first-order valence-electron chi connectivity index (χ1n) is 4.60. The topological polar surface area (TPSA) is 67.2 Å². The molecule has 0 aliphatic heterocycles. The van der Waals surface area contributed by atoms with Crippen molar-refractivity contribution < 1.29 is 13.2 Å². The van der Waals surface area contributed by atoms with E-state index in [0.29, 0.717) is 6.61 Å². The van der Waals surface area contributed by atoms with Gasteiger partial charge in [-0.2, -0.15) is 5.26 Å². The van der Waals surface area contributed by atoms with Crippen molar-refractivity contribution in [3.05, 3.63) is 23.8 Å². The molecule has 0 unspecified atom stereocenters. The van der Waals surface area contributed by atoms with Crippen LogP contribution in [-0.2, 0) is 9.05 Å². The third-order valence-electron chi connectivity index (χ3n) is 1.82. The highest BCUT2D eigenvalue weighted by Crippen LogP contribution is 2.24. The molecule has 0 bridgehead atoms. The Balaban J connectivity index is 3.18. The maximum Gasteiger partial charge on any atom is 0.261 e. The lowest BCUT2D eigenvalue weighted by Gasteiger charge is -2.07. The standard InChI is InChI=1S/C10H10ClNO3S/c1-2-5-15-10-6-9(16(11,13)14)4-3-8(10)7-12/h3-4,6H,2,5H2,1H3. The van der Waals surface area contributed by atoms with Gasteiger partial charge in [0.2, 0.25) is 0 Å². The van der Waals surface area contributed by atoms with Crippen LogP contribution < -0.4 is 4.74 Å². The molecule has 4 nitrogen and oxygen atoms in total. The molecule has 1 rings (SSSR count). The summed E-state index contributed by atoms with van der Waals surface area (Å²) < 4.78 is 27.4. The summed E-state index contributed by atoms with van der Waals surface area (Å²) in [5, 5.41) is 8.80. The molecular formula is C10H10ClNO3S. The predicted molar refractivity (Wildman–Crippen MR) is 60.0 cm³/mol. The van der Waals surface area contributed by atoms with E-state index in [1.165, 1.54) is 18.2 Å². The Kier molecular flexibility index (Phi) is 4.16. The largest absolute Gasteiger partial charge is 0.492 e. The third kappa shape index (κ3) is 3.12. The van der Waals surface area contributed by atoms with E-state index in [0.717, 1.165) is 6.42 Å². The summed E-state index contributed by atoms with van der Waals surface area (Å²) in [4.78, 5) is -0.0701. The van der Waals surface area contributed by atoms with Gasteiger partial charge >= 0.3 is 0 Å².